The van der Waals surface area contributed by atoms with Crippen LogP contribution < -0.4 is 4.90 Å². The van der Waals surface area contributed by atoms with Crippen LogP contribution in [0.25, 0.3) is 0 Å². The first kappa shape index (κ1) is 14.8. The van der Waals surface area contributed by atoms with Gasteiger partial charge in [-0.25, -0.2) is 4.79 Å². The lowest BCUT2D eigenvalue weighted by Gasteiger charge is -2.27. The van der Waals surface area contributed by atoms with Gasteiger partial charge in [0, 0.05) is 12.1 Å². The summed E-state index contributed by atoms with van der Waals surface area (Å²) in [6.07, 6.45) is -2.04. The number of aliphatic hydroxyl groups excluding tert-OH is 2. The van der Waals surface area contributed by atoms with E-state index in [1.54, 1.807) is 45.0 Å². The molecule has 0 saturated heterocycles. The molecule has 1 amide bonds. The van der Waals surface area contributed by atoms with Crippen LogP contribution in [-0.2, 0) is 4.74 Å². The molecule has 1 aromatic carbocycles. The molecular formula is C15H21NO4. The standard InChI is InChI=1S/C15H21NO4/c1-15(2,3)20-14(19)16-9-8-12(17)13(18)10-6-4-5-7-11(10)16/h4-7,12-13,17-18H,8-9H2,1-3H3/t12-,13+/m1/s1. The second-order valence-electron chi connectivity index (χ2n) is 5.99. The number of carbonyl (C=O) groups excluding carboxylic acids is 1. The summed E-state index contributed by atoms with van der Waals surface area (Å²) in [6.45, 7) is 5.72. The van der Waals surface area contributed by atoms with Gasteiger partial charge in [-0.3, -0.25) is 4.90 Å². The Morgan fingerprint density at radius 3 is 2.60 bits per heavy atom. The van der Waals surface area contributed by atoms with Gasteiger partial charge in [0.05, 0.1) is 11.8 Å². The Morgan fingerprint density at radius 1 is 1.30 bits per heavy atom. The average Bonchev–Trinajstić information content (AvgIpc) is 2.47. The number of hydrogen-bond donors (Lipinski definition) is 2. The van der Waals surface area contributed by atoms with Crippen molar-refractivity contribution >= 4 is 11.8 Å². The number of anilines is 1. The highest BCUT2D eigenvalue weighted by atomic mass is 16.6. The van der Waals surface area contributed by atoms with Gasteiger partial charge in [-0.15, -0.1) is 0 Å². The highest BCUT2D eigenvalue weighted by molar-refractivity contribution is 5.89. The zero-order valence-corrected chi connectivity index (χ0v) is 12.0. The molecule has 110 valence electrons. The first-order chi connectivity index (χ1) is 9.29. The number of nitrogens with zero attached hydrogens (tertiary/aromatic N) is 1. The lowest BCUT2D eigenvalue weighted by Crippen LogP contribution is -2.37. The van der Waals surface area contributed by atoms with Crippen LogP contribution >= 0.6 is 0 Å². The third-order valence-electron chi connectivity index (χ3n) is 3.17. The van der Waals surface area contributed by atoms with E-state index in [1.165, 1.54) is 4.90 Å². The van der Waals surface area contributed by atoms with Crippen molar-refractivity contribution in [3.63, 3.8) is 0 Å². The summed E-state index contributed by atoms with van der Waals surface area (Å²) >= 11 is 0. The zero-order chi connectivity index (χ0) is 14.9. The van der Waals surface area contributed by atoms with E-state index in [-0.39, 0.29) is 0 Å². The van der Waals surface area contributed by atoms with Crippen LogP contribution in [0.1, 0.15) is 38.9 Å². The number of carbonyl (C=O) groups is 1. The Labute approximate surface area is 118 Å². The molecule has 0 bridgehead atoms. The number of para-hydroxylation sites is 1. The summed E-state index contributed by atoms with van der Waals surface area (Å²) in [6, 6.07) is 7.03. The van der Waals surface area contributed by atoms with Crippen molar-refractivity contribution in [1.82, 2.24) is 0 Å². The van der Waals surface area contributed by atoms with E-state index in [4.69, 9.17) is 4.74 Å². The van der Waals surface area contributed by atoms with Crippen LogP contribution in [0.3, 0.4) is 0 Å². The van der Waals surface area contributed by atoms with Crippen molar-refractivity contribution in [2.75, 3.05) is 11.4 Å². The minimum absolute atomic E-state index is 0.301. The molecular weight excluding hydrogens is 258 g/mol. The van der Waals surface area contributed by atoms with Crippen molar-refractivity contribution in [1.29, 1.82) is 0 Å². The van der Waals surface area contributed by atoms with Crippen LogP contribution in [0.15, 0.2) is 24.3 Å². The van der Waals surface area contributed by atoms with Gasteiger partial charge in [0.15, 0.2) is 0 Å². The Hall–Kier alpha value is -1.59. The number of aliphatic hydroxyl groups is 2. The molecule has 2 atom stereocenters. The van der Waals surface area contributed by atoms with Crippen molar-refractivity contribution in [2.45, 2.75) is 45.0 Å². The molecule has 2 N–H and O–H groups in total. The lowest BCUT2D eigenvalue weighted by molar-refractivity contribution is 0.0172. The minimum Gasteiger partial charge on any atom is -0.443 e. The van der Waals surface area contributed by atoms with Gasteiger partial charge >= 0.3 is 6.09 Å². The smallest absolute Gasteiger partial charge is 0.414 e. The monoisotopic (exact) mass is 279 g/mol. The van der Waals surface area contributed by atoms with Crippen LogP contribution in [0.2, 0.25) is 0 Å². The van der Waals surface area contributed by atoms with Gasteiger partial charge in [-0.2, -0.15) is 0 Å². The van der Waals surface area contributed by atoms with E-state index in [9.17, 15) is 15.0 Å². The molecule has 1 aliphatic heterocycles. The molecule has 0 radical (unpaired) electrons. The number of ether oxygens (including phenoxy) is 1. The van der Waals surface area contributed by atoms with Gasteiger partial charge in [0.1, 0.15) is 11.7 Å². The van der Waals surface area contributed by atoms with Crippen LogP contribution in [-0.4, -0.2) is 34.6 Å². The second-order valence-corrected chi connectivity index (χ2v) is 5.99. The molecule has 1 heterocycles. The summed E-state index contributed by atoms with van der Waals surface area (Å²) in [4.78, 5) is 13.8. The van der Waals surface area contributed by atoms with Crippen LogP contribution in [0, 0.1) is 0 Å². The van der Waals surface area contributed by atoms with Crippen molar-refractivity contribution in [3.8, 4) is 0 Å². The fourth-order valence-electron chi connectivity index (χ4n) is 2.24. The number of rotatable bonds is 0. The van der Waals surface area contributed by atoms with Crippen molar-refractivity contribution in [2.24, 2.45) is 0 Å². The van der Waals surface area contributed by atoms with Gasteiger partial charge in [0.25, 0.3) is 0 Å². The lowest BCUT2D eigenvalue weighted by atomic mass is 10.0. The number of amides is 1. The maximum Gasteiger partial charge on any atom is 0.414 e. The van der Waals surface area contributed by atoms with Crippen molar-refractivity contribution in [3.05, 3.63) is 29.8 Å². The van der Waals surface area contributed by atoms with Gasteiger partial charge in [-0.05, 0) is 33.3 Å². The maximum absolute atomic E-state index is 12.3. The molecule has 1 aliphatic rings. The van der Waals surface area contributed by atoms with Crippen LogP contribution in [0.5, 0.6) is 0 Å². The minimum atomic E-state index is -0.987. The molecule has 2 rings (SSSR count). The largest absolute Gasteiger partial charge is 0.443 e. The third-order valence-corrected chi connectivity index (χ3v) is 3.17. The van der Waals surface area contributed by atoms with E-state index in [0.717, 1.165) is 0 Å². The summed E-state index contributed by atoms with van der Waals surface area (Å²) in [5, 5.41) is 20.0. The first-order valence-corrected chi connectivity index (χ1v) is 6.75. The highest BCUT2D eigenvalue weighted by Crippen LogP contribution is 2.33. The normalized spacial score (nSPS) is 22.9. The maximum atomic E-state index is 12.3. The Kier molecular flexibility index (Phi) is 4.01. The molecule has 0 saturated carbocycles. The number of benzene rings is 1. The third kappa shape index (κ3) is 3.11. The predicted octanol–water partition coefficient (Wildman–Crippen LogP) is 2.23. The predicted molar refractivity (Wildman–Crippen MR) is 75.6 cm³/mol. The van der Waals surface area contributed by atoms with Gasteiger partial charge in [-0.1, -0.05) is 18.2 Å². The van der Waals surface area contributed by atoms with Gasteiger partial charge in [0.2, 0.25) is 0 Å². The topological polar surface area (TPSA) is 70.0 Å². The molecule has 1 aromatic rings. The fraction of sp³-hybridized carbons (Fsp3) is 0.533. The quantitative estimate of drug-likeness (QED) is 0.764. The molecule has 20 heavy (non-hydrogen) atoms. The van der Waals surface area contributed by atoms with E-state index in [2.05, 4.69) is 0 Å². The van der Waals surface area contributed by atoms with E-state index in [0.29, 0.717) is 24.2 Å². The summed E-state index contributed by atoms with van der Waals surface area (Å²) < 4.78 is 5.38. The molecule has 0 aromatic heterocycles. The number of fused-ring (bicyclic) bond motifs is 1. The van der Waals surface area contributed by atoms with Crippen molar-refractivity contribution < 1.29 is 19.7 Å². The summed E-state index contributed by atoms with van der Waals surface area (Å²) in [5.74, 6) is 0. The van der Waals surface area contributed by atoms with E-state index in [1.807, 2.05) is 0 Å². The molecule has 0 fully saturated rings. The van der Waals surface area contributed by atoms with E-state index >= 15 is 0 Å². The Morgan fingerprint density at radius 2 is 1.95 bits per heavy atom. The number of hydrogen-bond acceptors (Lipinski definition) is 4. The first-order valence-electron chi connectivity index (χ1n) is 6.75. The summed E-state index contributed by atoms with van der Waals surface area (Å²) in [5.41, 5.74) is 0.546. The Balaban J connectivity index is 2.35. The molecule has 0 aliphatic carbocycles. The second kappa shape index (κ2) is 5.42. The van der Waals surface area contributed by atoms with E-state index < -0.39 is 23.9 Å². The molecule has 0 unspecified atom stereocenters. The summed E-state index contributed by atoms with van der Waals surface area (Å²) in [7, 11) is 0. The van der Waals surface area contributed by atoms with Gasteiger partial charge < -0.3 is 14.9 Å². The molecule has 5 nitrogen and oxygen atoms in total. The zero-order valence-electron chi connectivity index (χ0n) is 12.0. The average molecular weight is 279 g/mol. The fourth-order valence-corrected chi connectivity index (χ4v) is 2.24. The Bertz CT molecular complexity index is 495. The molecule has 5 heteroatoms. The molecule has 0 spiro atoms. The SMILES string of the molecule is CC(C)(C)OC(=O)N1CC[C@@H](O)[C@@H](O)c2ccccc21. The highest BCUT2D eigenvalue weighted by Gasteiger charge is 2.32. The van der Waals surface area contributed by atoms with Crippen LogP contribution in [0.4, 0.5) is 10.5 Å².